The third-order valence-corrected chi connectivity index (χ3v) is 6.56. The quantitative estimate of drug-likeness (QED) is 0.750. The number of ether oxygens (including phenoxy) is 1. The van der Waals surface area contributed by atoms with Crippen LogP contribution in [0.2, 0.25) is 0 Å². The molecule has 2 aromatic heterocycles. The first-order valence-electron chi connectivity index (χ1n) is 9.31. The van der Waals surface area contributed by atoms with Crippen molar-refractivity contribution in [2.75, 3.05) is 11.9 Å². The number of aryl methyl sites for hydroxylation is 1. The monoisotopic (exact) mass is 409 g/mol. The zero-order valence-corrected chi connectivity index (χ0v) is 17.2. The van der Waals surface area contributed by atoms with Crippen LogP contribution in [0, 0.1) is 6.92 Å². The van der Waals surface area contributed by atoms with Crippen LogP contribution in [-0.4, -0.2) is 39.0 Å². The van der Waals surface area contributed by atoms with Gasteiger partial charge in [0.15, 0.2) is 0 Å². The highest BCUT2D eigenvalue weighted by Crippen LogP contribution is 2.47. The fourth-order valence-corrected chi connectivity index (χ4v) is 5.15. The molecule has 1 unspecified atom stereocenters. The lowest BCUT2D eigenvalue weighted by molar-refractivity contribution is -0.116. The number of esters is 1. The molecule has 3 aliphatic rings. The number of fused-ring (bicyclic) bond motifs is 1. The molecule has 0 aliphatic carbocycles. The zero-order chi connectivity index (χ0) is 20.5. The fraction of sp³-hybridized carbons (Fsp3) is 0.300. The number of hydrogen-bond donors (Lipinski definition) is 2. The van der Waals surface area contributed by atoms with Gasteiger partial charge in [0.25, 0.3) is 5.91 Å². The third-order valence-electron chi connectivity index (χ3n) is 5.38. The average Bonchev–Trinajstić information content (AvgIpc) is 3.11. The van der Waals surface area contributed by atoms with E-state index in [9.17, 15) is 9.59 Å². The summed E-state index contributed by atoms with van der Waals surface area (Å²) in [6, 6.07) is 0. The molecule has 0 radical (unpaired) electrons. The van der Waals surface area contributed by atoms with Crippen LogP contribution < -0.4 is 10.6 Å². The minimum absolute atomic E-state index is 0.0660. The Morgan fingerprint density at radius 3 is 2.93 bits per heavy atom. The lowest BCUT2D eigenvalue weighted by Crippen LogP contribution is -2.55. The van der Waals surface area contributed by atoms with Crippen molar-refractivity contribution in [3.05, 3.63) is 51.6 Å². The molecule has 3 aliphatic heterocycles. The van der Waals surface area contributed by atoms with Crippen molar-refractivity contribution in [1.82, 2.24) is 20.2 Å². The molecule has 1 saturated heterocycles. The van der Waals surface area contributed by atoms with Gasteiger partial charge in [0.05, 0.1) is 23.4 Å². The lowest BCUT2D eigenvalue weighted by atomic mass is 9.93. The van der Waals surface area contributed by atoms with Gasteiger partial charge >= 0.3 is 5.97 Å². The molecular formula is C20H19N5O3S. The summed E-state index contributed by atoms with van der Waals surface area (Å²) in [5.41, 5.74) is 3.65. The summed E-state index contributed by atoms with van der Waals surface area (Å²) in [5.74, 6) is 0.205. The number of allylic oxidation sites excluding steroid dienone is 2. The van der Waals surface area contributed by atoms with Crippen molar-refractivity contribution in [3.63, 3.8) is 0 Å². The summed E-state index contributed by atoms with van der Waals surface area (Å²) in [4.78, 5) is 36.6. The summed E-state index contributed by atoms with van der Waals surface area (Å²) in [6.45, 7) is 7.86. The van der Waals surface area contributed by atoms with Gasteiger partial charge in [-0.05, 0) is 51.0 Å². The topological polar surface area (TPSA) is 96.5 Å². The molecule has 5 heterocycles. The van der Waals surface area contributed by atoms with Crippen LogP contribution in [0.5, 0.6) is 0 Å². The van der Waals surface area contributed by atoms with Crippen molar-refractivity contribution in [1.29, 1.82) is 0 Å². The minimum atomic E-state index is -0.486. The van der Waals surface area contributed by atoms with Crippen LogP contribution in [0.1, 0.15) is 36.0 Å². The first kappa shape index (κ1) is 17.9. The van der Waals surface area contributed by atoms with Crippen molar-refractivity contribution < 1.29 is 14.3 Å². The summed E-state index contributed by atoms with van der Waals surface area (Å²) in [7, 11) is 0. The second-order valence-electron chi connectivity index (χ2n) is 7.36. The molecule has 0 saturated carbocycles. The molecule has 1 amide bonds. The molecule has 5 rings (SSSR count). The molecule has 1 atom stereocenters. The van der Waals surface area contributed by atoms with Crippen LogP contribution in [-0.2, 0) is 9.53 Å². The lowest BCUT2D eigenvalue weighted by Gasteiger charge is -2.46. The molecular weight excluding hydrogens is 390 g/mol. The number of carbonyl (C=O) groups excluding carboxylic acids is 2. The maximum atomic E-state index is 12.3. The molecule has 0 aromatic carbocycles. The summed E-state index contributed by atoms with van der Waals surface area (Å²) < 4.78 is 5.16. The molecule has 2 N–H and O–H groups in total. The predicted molar refractivity (Wildman–Crippen MR) is 109 cm³/mol. The van der Waals surface area contributed by atoms with E-state index in [0.29, 0.717) is 23.0 Å². The second-order valence-corrected chi connectivity index (χ2v) is 8.36. The number of nitrogens with one attached hydrogen (secondary N) is 2. The highest BCUT2D eigenvalue weighted by Gasteiger charge is 2.53. The second kappa shape index (κ2) is 5.90. The molecule has 0 spiro atoms. The van der Waals surface area contributed by atoms with E-state index in [1.165, 1.54) is 17.7 Å². The molecule has 29 heavy (non-hydrogen) atoms. The van der Waals surface area contributed by atoms with E-state index in [0.717, 1.165) is 32.7 Å². The Bertz CT molecular complexity index is 1210. The van der Waals surface area contributed by atoms with Crippen LogP contribution in [0.25, 0.3) is 10.2 Å². The molecule has 9 heteroatoms. The zero-order valence-electron chi connectivity index (χ0n) is 16.4. The Kier molecular flexibility index (Phi) is 3.63. The summed E-state index contributed by atoms with van der Waals surface area (Å²) >= 11 is 1.30. The van der Waals surface area contributed by atoms with Gasteiger partial charge in [-0.1, -0.05) is 0 Å². The highest BCUT2D eigenvalue weighted by atomic mass is 32.1. The Morgan fingerprint density at radius 1 is 1.38 bits per heavy atom. The van der Waals surface area contributed by atoms with Crippen molar-refractivity contribution in [2.24, 2.45) is 0 Å². The molecule has 2 aromatic rings. The first-order chi connectivity index (χ1) is 13.8. The maximum absolute atomic E-state index is 12.3. The van der Waals surface area contributed by atoms with Crippen molar-refractivity contribution >= 4 is 39.2 Å². The van der Waals surface area contributed by atoms with Crippen LogP contribution in [0.3, 0.4) is 0 Å². The molecule has 8 nitrogen and oxygen atoms in total. The Hall–Kier alpha value is -3.20. The van der Waals surface area contributed by atoms with E-state index < -0.39 is 5.66 Å². The first-order valence-corrected chi connectivity index (χ1v) is 10.1. The fourth-order valence-electron chi connectivity index (χ4n) is 4.11. The van der Waals surface area contributed by atoms with E-state index in [1.54, 1.807) is 6.92 Å². The smallest absolute Gasteiger partial charge is 0.348 e. The van der Waals surface area contributed by atoms with E-state index in [2.05, 4.69) is 20.6 Å². The number of hydrogen-bond acceptors (Lipinski definition) is 8. The summed E-state index contributed by atoms with van der Waals surface area (Å²) in [5, 5.41) is 7.19. The third kappa shape index (κ3) is 2.37. The predicted octanol–water partition coefficient (Wildman–Crippen LogP) is 2.81. The standard InChI is InChI=1S/C20H19N5O3S/c1-5-28-19(27)15-10(3)13-16(21-8-22-18(13)29-15)23-11-6-9(2)14-17(26)24-20(4)7-12(11)25(14)20/h6-8H,5H2,1-4H3,(H,24,26)(H,21,22,23). The van der Waals surface area contributed by atoms with Gasteiger partial charge in [-0.15, -0.1) is 11.3 Å². The van der Waals surface area contributed by atoms with Gasteiger partial charge < -0.3 is 20.3 Å². The van der Waals surface area contributed by atoms with Gasteiger partial charge in [-0.25, -0.2) is 14.8 Å². The van der Waals surface area contributed by atoms with Crippen molar-refractivity contribution in [3.8, 4) is 0 Å². The van der Waals surface area contributed by atoms with Crippen molar-refractivity contribution in [2.45, 2.75) is 33.4 Å². The van der Waals surface area contributed by atoms with Crippen LogP contribution in [0.4, 0.5) is 5.82 Å². The van der Waals surface area contributed by atoms with Crippen LogP contribution >= 0.6 is 11.3 Å². The van der Waals surface area contributed by atoms with Gasteiger partial charge in [-0.3, -0.25) is 4.79 Å². The van der Waals surface area contributed by atoms with E-state index in [-0.39, 0.29) is 11.9 Å². The largest absolute Gasteiger partial charge is 0.462 e. The Morgan fingerprint density at radius 2 is 2.17 bits per heavy atom. The van der Waals surface area contributed by atoms with Gasteiger partial charge in [0.2, 0.25) is 0 Å². The number of amides is 1. The normalized spacial score (nSPS) is 22.1. The Labute approximate surface area is 171 Å². The molecule has 0 bridgehead atoms. The van der Waals surface area contributed by atoms with Gasteiger partial charge in [-0.2, -0.15) is 0 Å². The number of rotatable bonds is 4. The average molecular weight is 409 g/mol. The van der Waals surface area contributed by atoms with E-state index >= 15 is 0 Å². The van der Waals surface area contributed by atoms with Gasteiger partial charge in [0.1, 0.15) is 33.2 Å². The Balaban J connectivity index is 1.58. The summed E-state index contributed by atoms with van der Waals surface area (Å²) in [6.07, 6.45) is 5.45. The molecule has 1 fully saturated rings. The van der Waals surface area contributed by atoms with E-state index in [1.807, 2.05) is 37.8 Å². The highest BCUT2D eigenvalue weighted by molar-refractivity contribution is 7.20. The number of thiophene rings is 1. The van der Waals surface area contributed by atoms with Gasteiger partial charge in [0, 0.05) is 0 Å². The number of nitrogens with zero attached hydrogens (tertiary/aromatic N) is 3. The maximum Gasteiger partial charge on any atom is 0.348 e. The SMILES string of the molecule is CCOC(=O)c1sc2ncnc(NC3=CC(C)=C4C(=O)NC5(C)C=C3N45)c2c1C. The number of carbonyl (C=O) groups is 2. The molecule has 148 valence electrons. The van der Waals surface area contributed by atoms with E-state index in [4.69, 9.17) is 4.74 Å². The minimum Gasteiger partial charge on any atom is -0.462 e. The number of aromatic nitrogens is 2. The van der Waals surface area contributed by atoms with Crippen LogP contribution in [0.15, 0.2) is 41.1 Å². The number of anilines is 1.